The summed E-state index contributed by atoms with van der Waals surface area (Å²) in [5.41, 5.74) is 3.03. The number of aryl methyl sites for hydroxylation is 1. The third-order valence-electron chi connectivity index (χ3n) is 2.64. The molecule has 94 valence electrons. The molecule has 2 rings (SSSR count). The lowest BCUT2D eigenvalue weighted by molar-refractivity contribution is 0.469. The Kier molecular flexibility index (Phi) is 4.30. The van der Waals surface area contributed by atoms with E-state index in [1.165, 1.54) is 0 Å². The molecule has 2 aromatic carbocycles. The molecule has 0 saturated heterocycles. The summed E-state index contributed by atoms with van der Waals surface area (Å²) < 4.78 is 2.02. The van der Waals surface area contributed by atoms with Gasteiger partial charge in [0.15, 0.2) is 0 Å². The largest absolute Gasteiger partial charge is 0.508 e. The first-order valence-electron chi connectivity index (χ1n) is 5.53. The molecule has 0 radical (unpaired) electrons. The summed E-state index contributed by atoms with van der Waals surface area (Å²) >= 11 is 6.91. The van der Waals surface area contributed by atoms with Crippen LogP contribution in [0.25, 0.3) is 0 Å². The first-order chi connectivity index (χ1) is 8.56. The van der Waals surface area contributed by atoms with E-state index >= 15 is 0 Å². The summed E-state index contributed by atoms with van der Waals surface area (Å²) in [5, 5.41) is 13.1. The number of hydrogen-bond acceptors (Lipinski definition) is 2. The zero-order valence-corrected chi connectivity index (χ0v) is 13.0. The topological polar surface area (TPSA) is 32.3 Å². The van der Waals surface area contributed by atoms with Gasteiger partial charge < -0.3 is 10.4 Å². The van der Waals surface area contributed by atoms with Crippen LogP contribution in [0.3, 0.4) is 0 Å². The van der Waals surface area contributed by atoms with Crippen molar-refractivity contribution in [2.24, 2.45) is 0 Å². The maximum Gasteiger partial charge on any atom is 0.120 e. The highest BCUT2D eigenvalue weighted by Gasteiger charge is 2.03. The molecule has 0 fully saturated rings. The van der Waals surface area contributed by atoms with Crippen LogP contribution in [-0.2, 0) is 6.54 Å². The fraction of sp³-hybridized carbons (Fsp3) is 0.143. The van der Waals surface area contributed by atoms with Gasteiger partial charge in [0, 0.05) is 26.7 Å². The highest BCUT2D eigenvalue weighted by atomic mass is 79.9. The smallest absolute Gasteiger partial charge is 0.120 e. The van der Waals surface area contributed by atoms with Crippen LogP contribution in [0.15, 0.2) is 45.3 Å². The van der Waals surface area contributed by atoms with Crippen LogP contribution >= 0.6 is 31.9 Å². The number of hydrogen-bond donors (Lipinski definition) is 2. The van der Waals surface area contributed by atoms with E-state index in [1.54, 1.807) is 6.07 Å². The molecule has 0 aliphatic rings. The van der Waals surface area contributed by atoms with Gasteiger partial charge in [-0.25, -0.2) is 0 Å². The highest BCUT2D eigenvalue weighted by molar-refractivity contribution is 9.11. The van der Waals surface area contributed by atoms with Gasteiger partial charge in [0.2, 0.25) is 0 Å². The minimum absolute atomic E-state index is 0.321. The molecule has 0 heterocycles. The van der Waals surface area contributed by atoms with Crippen molar-refractivity contribution < 1.29 is 5.11 Å². The lowest BCUT2D eigenvalue weighted by Gasteiger charge is -2.10. The maximum atomic E-state index is 9.77. The van der Waals surface area contributed by atoms with Crippen molar-refractivity contribution in [2.45, 2.75) is 13.5 Å². The zero-order chi connectivity index (χ0) is 13.1. The normalized spacial score (nSPS) is 10.4. The molecule has 0 aliphatic heterocycles. The zero-order valence-electron chi connectivity index (χ0n) is 9.87. The predicted octanol–water partition coefficient (Wildman–Crippen LogP) is 4.84. The minimum atomic E-state index is 0.321. The number of rotatable bonds is 3. The van der Waals surface area contributed by atoms with E-state index in [0.29, 0.717) is 12.3 Å². The second-order valence-electron chi connectivity index (χ2n) is 4.11. The molecule has 0 amide bonds. The van der Waals surface area contributed by atoms with Crippen LogP contribution in [0.4, 0.5) is 5.69 Å². The minimum Gasteiger partial charge on any atom is -0.508 e. The van der Waals surface area contributed by atoms with E-state index in [1.807, 2.05) is 37.3 Å². The SMILES string of the molecule is Cc1ccc(O)c(CNc2ccc(Br)cc2Br)c1. The number of phenolic OH excluding ortho intramolecular Hbond substituents is 1. The third kappa shape index (κ3) is 3.27. The lowest BCUT2D eigenvalue weighted by Crippen LogP contribution is -2.00. The van der Waals surface area contributed by atoms with Crippen molar-refractivity contribution >= 4 is 37.5 Å². The Balaban J connectivity index is 2.13. The van der Waals surface area contributed by atoms with Gasteiger partial charge >= 0.3 is 0 Å². The Morgan fingerprint density at radius 2 is 1.89 bits per heavy atom. The molecule has 0 aliphatic carbocycles. The van der Waals surface area contributed by atoms with Crippen molar-refractivity contribution in [1.82, 2.24) is 0 Å². The summed E-state index contributed by atoms with van der Waals surface area (Å²) in [7, 11) is 0. The number of nitrogens with one attached hydrogen (secondary N) is 1. The number of aromatic hydroxyl groups is 1. The van der Waals surface area contributed by atoms with Crippen LogP contribution in [-0.4, -0.2) is 5.11 Å². The lowest BCUT2D eigenvalue weighted by atomic mass is 10.1. The van der Waals surface area contributed by atoms with Crippen LogP contribution in [0.1, 0.15) is 11.1 Å². The molecule has 0 spiro atoms. The molecule has 2 aromatic rings. The van der Waals surface area contributed by atoms with E-state index in [2.05, 4.69) is 37.2 Å². The van der Waals surface area contributed by atoms with Crippen molar-refractivity contribution in [3.8, 4) is 5.75 Å². The van der Waals surface area contributed by atoms with Crippen LogP contribution in [0.2, 0.25) is 0 Å². The third-order valence-corrected chi connectivity index (χ3v) is 3.78. The molecular weight excluding hydrogens is 358 g/mol. The van der Waals surface area contributed by atoms with E-state index in [4.69, 9.17) is 0 Å². The molecule has 0 aromatic heterocycles. The molecular formula is C14H13Br2NO. The van der Waals surface area contributed by atoms with Crippen molar-refractivity contribution in [3.63, 3.8) is 0 Å². The average Bonchev–Trinajstić information content (AvgIpc) is 2.32. The van der Waals surface area contributed by atoms with Crippen LogP contribution in [0, 0.1) is 6.92 Å². The monoisotopic (exact) mass is 369 g/mol. The fourth-order valence-electron chi connectivity index (χ4n) is 1.68. The fourth-order valence-corrected chi connectivity index (χ4v) is 2.87. The van der Waals surface area contributed by atoms with Crippen molar-refractivity contribution in [2.75, 3.05) is 5.32 Å². The van der Waals surface area contributed by atoms with E-state index in [9.17, 15) is 5.11 Å². The molecule has 0 saturated carbocycles. The Hall–Kier alpha value is -1.000. The Labute approximate surface area is 123 Å². The Bertz CT molecular complexity index is 570. The Morgan fingerprint density at radius 3 is 2.61 bits per heavy atom. The number of anilines is 1. The van der Waals surface area contributed by atoms with Gasteiger partial charge in [-0.15, -0.1) is 0 Å². The quantitative estimate of drug-likeness (QED) is 0.810. The summed E-state index contributed by atoms with van der Waals surface area (Å²) in [6, 6.07) is 11.6. The molecule has 0 atom stereocenters. The average molecular weight is 371 g/mol. The maximum absolute atomic E-state index is 9.77. The first kappa shape index (κ1) is 13.4. The second kappa shape index (κ2) is 5.76. The second-order valence-corrected chi connectivity index (χ2v) is 5.88. The van der Waals surface area contributed by atoms with Gasteiger partial charge in [0.25, 0.3) is 0 Å². The summed E-state index contributed by atoms with van der Waals surface area (Å²) in [6.07, 6.45) is 0. The highest BCUT2D eigenvalue weighted by Crippen LogP contribution is 2.27. The molecule has 2 nitrogen and oxygen atoms in total. The first-order valence-corrected chi connectivity index (χ1v) is 7.12. The van der Waals surface area contributed by atoms with Gasteiger partial charge in [-0.05, 0) is 47.1 Å². The van der Waals surface area contributed by atoms with E-state index in [-0.39, 0.29) is 0 Å². The van der Waals surface area contributed by atoms with Crippen molar-refractivity contribution in [1.29, 1.82) is 0 Å². The molecule has 2 N–H and O–H groups in total. The summed E-state index contributed by atoms with van der Waals surface area (Å²) in [4.78, 5) is 0. The molecule has 4 heteroatoms. The molecule has 18 heavy (non-hydrogen) atoms. The molecule has 0 bridgehead atoms. The van der Waals surface area contributed by atoms with Gasteiger partial charge in [-0.3, -0.25) is 0 Å². The molecule has 0 unspecified atom stereocenters. The van der Waals surface area contributed by atoms with Gasteiger partial charge in [0.05, 0.1) is 0 Å². The van der Waals surface area contributed by atoms with Gasteiger partial charge in [-0.1, -0.05) is 33.6 Å². The van der Waals surface area contributed by atoms with Crippen LogP contribution in [0.5, 0.6) is 5.75 Å². The Morgan fingerprint density at radius 1 is 1.11 bits per heavy atom. The standard InChI is InChI=1S/C14H13Br2NO/c1-9-2-5-14(18)10(6-9)8-17-13-4-3-11(15)7-12(13)16/h2-7,17-18H,8H2,1H3. The van der Waals surface area contributed by atoms with E-state index in [0.717, 1.165) is 25.8 Å². The number of halogens is 2. The summed E-state index contributed by atoms with van der Waals surface area (Å²) in [6.45, 7) is 2.60. The number of benzene rings is 2. The van der Waals surface area contributed by atoms with Crippen molar-refractivity contribution in [3.05, 3.63) is 56.5 Å². The van der Waals surface area contributed by atoms with E-state index < -0.39 is 0 Å². The van der Waals surface area contributed by atoms with Gasteiger partial charge in [-0.2, -0.15) is 0 Å². The summed E-state index contributed by atoms with van der Waals surface area (Å²) in [5.74, 6) is 0.321. The van der Waals surface area contributed by atoms with Gasteiger partial charge in [0.1, 0.15) is 5.75 Å². The van der Waals surface area contributed by atoms with Crippen LogP contribution < -0.4 is 5.32 Å². The number of phenols is 1. The predicted molar refractivity (Wildman–Crippen MR) is 82.0 cm³/mol.